The molecule has 0 bridgehead atoms. The van der Waals surface area contributed by atoms with Crippen molar-refractivity contribution >= 4 is 42.2 Å². The average molecular weight is 413 g/mol. The molecular formula is C19H26Cl2N4O2. The third kappa shape index (κ3) is 6.27. The first-order chi connectivity index (χ1) is 12.3. The van der Waals surface area contributed by atoms with Crippen LogP contribution in [-0.2, 0) is 0 Å². The maximum atomic E-state index is 12.7. The molecule has 1 aromatic carbocycles. The van der Waals surface area contributed by atoms with Gasteiger partial charge in [-0.1, -0.05) is 0 Å². The molecule has 1 aliphatic rings. The Morgan fingerprint density at radius 1 is 1.11 bits per heavy atom. The van der Waals surface area contributed by atoms with Gasteiger partial charge in [-0.2, -0.15) is 0 Å². The number of carbonyl (C=O) groups is 1. The molecule has 3 N–H and O–H groups in total. The summed E-state index contributed by atoms with van der Waals surface area (Å²) in [6, 6.07) is 10.9. The highest BCUT2D eigenvalue weighted by atomic mass is 35.5. The van der Waals surface area contributed by atoms with Gasteiger partial charge in [0.15, 0.2) is 0 Å². The maximum Gasteiger partial charge on any atom is 0.259 e. The SMILES string of the molecule is Cl.Cl.NCCOc1ccc(NC(=O)c2cccnc2N2CCCCC2)cc1. The fourth-order valence-corrected chi connectivity index (χ4v) is 2.94. The zero-order valence-corrected chi connectivity index (χ0v) is 16.7. The second kappa shape index (κ2) is 11.6. The van der Waals surface area contributed by atoms with Crippen LogP contribution in [0.4, 0.5) is 11.5 Å². The number of hydrogen-bond donors (Lipinski definition) is 2. The predicted octanol–water partition coefficient (Wildman–Crippen LogP) is 3.51. The van der Waals surface area contributed by atoms with E-state index in [4.69, 9.17) is 10.5 Å². The Hall–Kier alpha value is -2.02. The summed E-state index contributed by atoms with van der Waals surface area (Å²) < 4.78 is 5.44. The van der Waals surface area contributed by atoms with Gasteiger partial charge in [0.2, 0.25) is 0 Å². The molecule has 2 heterocycles. The Balaban J connectivity index is 0.00000182. The third-order valence-electron chi connectivity index (χ3n) is 4.19. The lowest BCUT2D eigenvalue weighted by molar-refractivity contribution is 0.102. The minimum atomic E-state index is -0.149. The molecule has 0 saturated carbocycles. The van der Waals surface area contributed by atoms with Crippen LogP contribution in [0.1, 0.15) is 29.6 Å². The average Bonchev–Trinajstić information content (AvgIpc) is 2.68. The minimum absolute atomic E-state index is 0. The van der Waals surface area contributed by atoms with Crippen molar-refractivity contribution < 1.29 is 9.53 Å². The van der Waals surface area contributed by atoms with Crippen molar-refractivity contribution in [2.45, 2.75) is 19.3 Å². The number of anilines is 2. The number of rotatable bonds is 6. The number of nitrogens with one attached hydrogen (secondary N) is 1. The van der Waals surface area contributed by atoms with Crippen molar-refractivity contribution in [3.63, 3.8) is 0 Å². The van der Waals surface area contributed by atoms with E-state index in [9.17, 15) is 4.79 Å². The number of nitrogens with zero attached hydrogens (tertiary/aromatic N) is 2. The van der Waals surface area contributed by atoms with Gasteiger partial charge in [0.05, 0.1) is 5.56 Å². The lowest BCUT2D eigenvalue weighted by atomic mass is 10.1. The summed E-state index contributed by atoms with van der Waals surface area (Å²) in [5.41, 5.74) is 6.75. The van der Waals surface area contributed by atoms with Crippen molar-refractivity contribution in [2.24, 2.45) is 5.73 Å². The van der Waals surface area contributed by atoms with E-state index in [2.05, 4.69) is 15.2 Å². The molecule has 0 spiro atoms. The molecule has 0 unspecified atom stereocenters. The van der Waals surface area contributed by atoms with Gasteiger partial charge in [-0.3, -0.25) is 4.79 Å². The molecule has 148 valence electrons. The summed E-state index contributed by atoms with van der Waals surface area (Å²) >= 11 is 0. The summed E-state index contributed by atoms with van der Waals surface area (Å²) in [6.07, 6.45) is 5.26. The van der Waals surface area contributed by atoms with Crippen LogP contribution >= 0.6 is 24.8 Å². The number of hydrogen-bond acceptors (Lipinski definition) is 5. The molecule has 1 aromatic heterocycles. The second-order valence-electron chi connectivity index (χ2n) is 6.04. The molecule has 8 heteroatoms. The van der Waals surface area contributed by atoms with E-state index in [-0.39, 0.29) is 30.7 Å². The number of nitrogens with two attached hydrogens (primary N) is 1. The van der Waals surface area contributed by atoms with Gasteiger partial charge in [0, 0.05) is 31.5 Å². The molecular weight excluding hydrogens is 387 g/mol. The van der Waals surface area contributed by atoms with Crippen LogP contribution < -0.4 is 20.7 Å². The Kier molecular flexibility index (Phi) is 9.93. The Bertz CT molecular complexity index is 707. The number of pyridine rings is 1. The molecule has 0 radical (unpaired) electrons. The number of halogens is 2. The fourth-order valence-electron chi connectivity index (χ4n) is 2.94. The van der Waals surface area contributed by atoms with E-state index in [0.717, 1.165) is 43.2 Å². The molecule has 1 fully saturated rings. The largest absolute Gasteiger partial charge is 0.492 e. The molecule has 2 aromatic rings. The van der Waals surface area contributed by atoms with Gasteiger partial charge < -0.3 is 20.7 Å². The standard InChI is InChI=1S/C19H24N4O2.2ClH/c20-10-14-25-16-8-6-15(7-9-16)22-19(24)17-5-4-11-21-18(17)23-12-2-1-3-13-23;;/h4-9,11H,1-3,10,12-14,20H2,(H,22,24);2*1H. The number of carbonyl (C=O) groups excluding carboxylic acids is 1. The summed E-state index contributed by atoms with van der Waals surface area (Å²) in [6.45, 7) is 2.84. The lowest BCUT2D eigenvalue weighted by Gasteiger charge is -2.29. The Labute approximate surface area is 172 Å². The van der Waals surface area contributed by atoms with Crippen molar-refractivity contribution in [1.29, 1.82) is 0 Å². The fraction of sp³-hybridized carbons (Fsp3) is 0.368. The number of benzene rings is 1. The predicted molar refractivity (Wildman–Crippen MR) is 114 cm³/mol. The van der Waals surface area contributed by atoms with Gasteiger partial charge >= 0.3 is 0 Å². The second-order valence-corrected chi connectivity index (χ2v) is 6.04. The highest BCUT2D eigenvalue weighted by molar-refractivity contribution is 6.07. The van der Waals surface area contributed by atoms with E-state index in [1.54, 1.807) is 12.3 Å². The summed E-state index contributed by atoms with van der Waals surface area (Å²) in [4.78, 5) is 19.4. The van der Waals surface area contributed by atoms with Crippen LogP contribution in [0.15, 0.2) is 42.6 Å². The van der Waals surface area contributed by atoms with E-state index in [1.807, 2.05) is 30.3 Å². The summed E-state index contributed by atoms with van der Waals surface area (Å²) in [7, 11) is 0. The van der Waals surface area contributed by atoms with Gasteiger partial charge in [-0.05, 0) is 55.7 Å². The number of amides is 1. The summed E-state index contributed by atoms with van der Waals surface area (Å²) in [5.74, 6) is 1.35. The van der Waals surface area contributed by atoms with Gasteiger partial charge in [-0.15, -0.1) is 24.8 Å². The maximum absolute atomic E-state index is 12.7. The molecule has 1 aliphatic heterocycles. The van der Waals surface area contributed by atoms with Gasteiger partial charge in [0.1, 0.15) is 18.2 Å². The number of aromatic nitrogens is 1. The smallest absolute Gasteiger partial charge is 0.259 e. The van der Waals surface area contributed by atoms with Crippen molar-refractivity contribution in [1.82, 2.24) is 4.98 Å². The number of ether oxygens (including phenoxy) is 1. The number of piperidine rings is 1. The Morgan fingerprint density at radius 3 is 2.48 bits per heavy atom. The van der Waals surface area contributed by atoms with Crippen LogP contribution in [0.3, 0.4) is 0 Å². The van der Waals surface area contributed by atoms with E-state index in [1.165, 1.54) is 6.42 Å². The highest BCUT2D eigenvalue weighted by Crippen LogP contribution is 2.23. The Morgan fingerprint density at radius 2 is 1.81 bits per heavy atom. The van der Waals surface area contributed by atoms with Crippen LogP contribution in [0.2, 0.25) is 0 Å². The van der Waals surface area contributed by atoms with Crippen LogP contribution in [0, 0.1) is 0 Å². The van der Waals surface area contributed by atoms with Crippen molar-refractivity contribution in [3.05, 3.63) is 48.2 Å². The quantitative estimate of drug-likeness (QED) is 0.758. The van der Waals surface area contributed by atoms with Crippen LogP contribution in [0.25, 0.3) is 0 Å². The lowest BCUT2D eigenvalue weighted by Crippen LogP contribution is -2.32. The van der Waals surface area contributed by atoms with Crippen LogP contribution in [-0.4, -0.2) is 37.1 Å². The molecule has 1 amide bonds. The first kappa shape index (κ1) is 23.0. The topological polar surface area (TPSA) is 80.5 Å². The van der Waals surface area contributed by atoms with Crippen molar-refractivity contribution in [3.8, 4) is 5.75 Å². The highest BCUT2D eigenvalue weighted by Gasteiger charge is 2.19. The van der Waals surface area contributed by atoms with E-state index in [0.29, 0.717) is 18.7 Å². The van der Waals surface area contributed by atoms with Gasteiger partial charge in [-0.25, -0.2) is 4.98 Å². The molecule has 6 nitrogen and oxygen atoms in total. The monoisotopic (exact) mass is 412 g/mol. The van der Waals surface area contributed by atoms with Crippen molar-refractivity contribution in [2.75, 3.05) is 36.5 Å². The minimum Gasteiger partial charge on any atom is -0.492 e. The van der Waals surface area contributed by atoms with Crippen LogP contribution in [0.5, 0.6) is 5.75 Å². The first-order valence-electron chi connectivity index (χ1n) is 8.72. The van der Waals surface area contributed by atoms with E-state index >= 15 is 0 Å². The molecule has 3 rings (SSSR count). The molecule has 0 atom stereocenters. The molecule has 1 saturated heterocycles. The normalized spacial score (nSPS) is 13.1. The molecule has 27 heavy (non-hydrogen) atoms. The zero-order chi connectivity index (χ0) is 17.5. The van der Waals surface area contributed by atoms with E-state index < -0.39 is 0 Å². The third-order valence-corrected chi connectivity index (χ3v) is 4.19. The van der Waals surface area contributed by atoms with Gasteiger partial charge in [0.25, 0.3) is 5.91 Å². The molecule has 0 aliphatic carbocycles. The summed E-state index contributed by atoms with van der Waals surface area (Å²) in [5, 5.41) is 2.94. The first-order valence-corrected chi connectivity index (χ1v) is 8.72. The zero-order valence-electron chi connectivity index (χ0n) is 15.1.